The zero-order valence-electron chi connectivity index (χ0n) is 19.8. The third-order valence-corrected chi connectivity index (χ3v) is 6.29. The van der Waals surface area contributed by atoms with E-state index in [9.17, 15) is 14.9 Å². The lowest BCUT2D eigenvalue weighted by Gasteiger charge is -2.13. The summed E-state index contributed by atoms with van der Waals surface area (Å²) in [6.45, 7) is 0.0965. The van der Waals surface area contributed by atoms with Crippen molar-refractivity contribution in [2.75, 3.05) is 5.01 Å². The molecule has 7 nitrogen and oxygen atoms in total. The number of halogens is 2. The summed E-state index contributed by atoms with van der Waals surface area (Å²) in [5.41, 5.74) is 3.43. The van der Waals surface area contributed by atoms with Gasteiger partial charge in [-0.05, 0) is 48.0 Å². The van der Waals surface area contributed by atoms with Gasteiger partial charge < -0.3 is 4.74 Å². The first-order chi connectivity index (χ1) is 18.4. The highest BCUT2D eigenvalue weighted by Crippen LogP contribution is 2.36. The molecule has 0 saturated heterocycles. The molecule has 0 aromatic heterocycles. The maximum Gasteiger partial charge on any atom is 0.281 e. The van der Waals surface area contributed by atoms with Crippen molar-refractivity contribution in [2.45, 2.75) is 6.61 Å². The number of non-ortho nitro benzene ring substituents is 1. The Morgan fingerprint density at radius 3 is 2.24 bits per heavy atom. The molecule has 5 rings (SSSR count). The molecule has 0 radical (unpaired) electrons. The molecular formula is C29H19Cl2N3O4. The number of ether oxygens (including phenoxy) is 1. The minimum atomic E-state index is -0.464. The Morgan fingerprint density at radius 2 is 1.58 bits per heavy atom. The van der Waals surface area contributed by atoms with Crippen molar-refractivity contribution in [3.63, 3.8) is 0 Å². The van der Waals surface area contributed by atoms with E-state index < -0.39 is 4.92 Å². The van der Waals surface area contributed by atoms with Gasteiger partial charge >= 0.3 is 0 Å². The largest absolute Gasteiger partial charge is 0.487 e. The van der Waals surface area contributed by atoms with E-state index in [4.69, 9.17) is 27.9 Å². The smallest absolute Gasteiger partial charge is 0.281 e. The number of anilines is 1. The number of nitro benzene ring substituents is 1. The summed E-state index contributed by atoms with van der Waals surface area (Å²) in [5.74, 6) is 0.00719. The molecule has 4 aromatic carbocycles. The van der Waals surface area contributed by atoms with Crippen LogP contribution in [0.15, 0.2) is 108 Å². The normalized spacial score (nSPS) is 14.1. The van der Waals surface area contributed by atoms with Crippen molar-refractivity contribution < 1.29 is 14.5 Å². The maximum absolute atomic E-state index is 13.6. The number of rotatable bonds is 7. The Labute approximate surface area is 228 Å². The standard InChI is InChI=1S/C29H19Cl2N3O4/c30-22-15-21(28(26(31)17-22)38-18-19-11-13-24(14-12-19)34(36)37)16-25-27(20-7-3-1-4-8-20)32-33(29(25)35)23-9-5-2-6-10-23/h1-17H,18H2/b25-16-. The lowest BCUT2D eigenvalue weighted by atomic mass is 10.00. The molecule has 0 spiro atoms. The maximum atomic E-state index is 13.6. The molecule has 1 amide bonds. The number of nitro groups is 1. The third-order valence-electron chi connectivity index (χ3n) is 5.79. The van der Waals surface area contributed by atoms with Gasteiger partial charge in [-0.25, -0.2) is 0 Å². The predicted octanol–water partition coefficient (Wildman–Crippen LogP) is 7.32. The summed E-state index contributed by atoms with van der Waals surface area (Å²) in [6, 6.07) is 27.8. The summed E-state index contributed by atoms with van der Waals surface area (Å²) in [6.07, 6.45) is 1.67. The van der Waals surface area contributed by atoms with E-state index in [2.05, 4.69) is 5.10 Å². The molecule has 0 fully saturated rings. The second-order valence-corrected chi connectivity index (χ2v) is 9.19. The quantitative estimate of drug-likeness (QED) is 0.139. The molecule has 0 atom stereocenters. The predicted molar refractivity (Wildman–Crippen MR) is 149 cm³/mol. The molecule has 0 N–H and O–H groups in total. The van der Waals surface area contributed by atoms with Crippen molar-refractivity contribution in [2.24, 2.45) is 5.10 Å². The Hall–Kier alpha value is -4.46. The van der Waals surface area contributed by atoms with E-state index in [1.165, 1.54) is 17.1 Å². The first kappa shape index (κ1) is 25.2. The fraction of sp³-hybridized carbons (Fsp3) is 0.0345. The van der Waals surface area contributed by atoms with Crippen LogP contribution in [0.2, 0.25) is 10.0 Å². The number of carbonyl (C=O) groups excluding carboxylic acids is 1. The van der Waals surface area contributed by atoms with Gasteiger partial charge in [0.15, 0.2) is 0 Å². The number of amides is 1. The van der Waals surface area contributed by atoms with Crippen LogP contribution in [0, 0.1) is 10.1 Å². The fourth-order valence-electron chi connectivity index (χ4n) is 3.96. The van der Waals surface area contributed by atoms with Crippen LogP contribution in [-0.4, -0.2) is 16.5 Å². The van der Waals surface area contributed by atoms with Crippen LogP contribution in [0.3, 0.4) is 0 Å². The number of para-hydroxylation sites is 1. The Morgan fingerprint density at radius 1 is 0.921 bits per heavy atom. The van der Waals surface area contributed by atoms with Gasteiger partial charge in [-0.15, -0.1) is 0 Å². The van der Waals surface area contributed by atoms with E-state index in [0.29, 0.717) is 38.9 Å². The summed E-state index contributed by atoms with van der Waals surface area (Å²) < 4.78 is 6.04. The summed E-state index contributed by atoms with van der Waals surface area (Å²) >= 11 is 12.8. The number of hydrazone groups is 1. The van der Waals surface area contributed by atoms with Gasteiger partial charge in [0.25, 0.3) is 11.6 Å². The third kappa shape index (κ3) is 5.29. The molecule has 1 heterocycles. The minimum Gasteiger partial charge on any atom is -0.487 e. The highest BCUT2D eigenvalue weighted by Gasteiger charge is 2.32. The zero-order chi connectivity index (χ0) is 26.6. The molecule has 0 saturated carbocycles. The number of hydrogen-bond acceptors (Lipinski definition) is 5. The van der Waals surface area contributed by atoms with Crippen LogP contribution >= 0.6 is 23.2 Å². The van der Waals surface area contributed by atoms with Crippen LogP contribution in [0.5, 0.6) is 5.75 Å². The summed E-state index contributed by atoms with van der Waals surface area (Å²) in [7, 11) is 0. The lowest BCUT2D eigenvalue weighted by molar-refractivity contribution is -0.384. The van der Waals surface area contributed by atoms with Crippen molar-refractivity contribution in [3.8, 4) is 5.75 Å². The first-order valence-electron chi connectivity index (χ1n) is 11.5. The lowest BCUT2D eigenvalue weighted by Crippen LogP contribution is -2.21. The molecule has 0 aliphatic carbocycles. The van der Waals surface area contributed by atoms with Crippen molar-refractivity contribution in [1.29, 1.82) is 0 Å². The van der Waals surface area contributed by atoms with Crippen LogP contribution in [0.1, 0.15) is 16.7 Å². The second kappa shape index (κ2) is 10.9. The van der Waals surface area contributed by atoms with Gasteiger partial charge in [-0.1, -0.05) is 71.7 Å². The van der Waals surface area contributed by atoms with Crippen molar-refractivity contribution in [1.82, 2.24) is 0 Å². The summed E-state index contributed by atoms with van der Waals surface area (Å²) in [4.78, 5) is 24.1. The van der Waals surface area contributed by atoms with Crippen LogP contribution in [0.4, 0.5) is 11.4 Å². The highest BCUT2D eigenvalue weighted by molar-refractivity contribution is 6.38. The van der Waals surface area contributed by atoms with E-state index in [1.807, 2.05) is 60.7 Å². The van der Waals surface area contributed by atoms with Gasteiger partial charge in [0.2, 0.25) is 0 Å². The highest BCUT2D eigenvalue weighted by atomic mass is 35.5. The molecule has 4 aromatic rings. The second-order valence-electron chi connectivity index (χ2n) is 8.34. The Kier molecular flexibility index (Phi) is 7.22. The van der Waals surface area contributed by atoms with Crippen LogP contribution < -0.4 is 9.75 Å². The number of carbonyl (C=O) groups is 1. The van der Waals surface area contributed by atoms with Crippen LogP contribution in [0.25, 0.3) is 6.08 Å². The molecule has 0 bridgehead atoms. The van der Waals surface area contributed by atoms with Gasteiger partial charge in [0.05, 0.1) is 21.2 Å². The monoisotopic (exact) mass is 543 g/mol. The summed E-state index contributed by atoms with van der Waals surface area (Å²) in [5, 5.41) is 17.6. The molecule has 38 heavy (non-hydrogen) atoms. The van der Waals surface area contributed by atoms with Gasteiger partial charge in [-0.2, -0.15) is 10.1 Å². The van der Waals surface area contributed by atoms with Gasteiger partial charge in [-0.3, -0.25) is 14.9 Å². The van der Waals surface area contributed by atoms with E-state index in [0.717, 1.165) is 5.56 Å². The van der Waals surface area contributed by atoms with E-state index in [-0.39, 0.29) is 23.2 Å². The van der Waals surface area contributed by atoms with E-state index >= 15 is 0 Å². The van der Waals surface area contributed by atoms with Crippen molar-refractivity contribution >= 4 is 52.3 Å². The Balaban J connectivity index is 1.54. The number of nitrogens with zero attached hydrogens (tertiary/aromatic N) is 3. The molecule has 188 valence electrons. The average Bonchev–Trinajstić information content (AvgIpc) is 3.25. The SMILES string of the molecule is O=C1/C(=C\c2cc(Cl)cc(Cl)c2OCc2ccc([N+](=O)[O-])cc2)C(c2ccccc2)=NN1c1ccccc1. The van der Waals surface area contributed by atoms with Gasteiger partial charge in [0, 0.05) is 28.3 Å². The Bertz CT molecular complexity index is 1570. The zero-order valence-corrected chi connectivity index (χ0v) is 21.3. The molecule has 1 aliphatic heterocycles. The molecule has 9 heteroatoms. The topological polar surface area (TPSA) is 85.0 Å². The molecule has 0 unspecified atom stereocenters. The van der Waals surface area contributed by atoms with Crippen molar-refractivity contribution in [3.05, 3.63) is 139 Å². The first-order valence-corrected chi connectivity index (χ1v) is 12.3. The average molecular weight is 544 g/mol. The van der Waals surface area contributed by atoms with E-state index in [1.54, 1.807) is 30.3 Å². The molecular weight excluding hydrogens is 525 g/mol. The van der Waals surface area contributed by atoms with Crippen LogP contribution in [-0.2, 0) is 11.4 Å². The number of benzene rings is 4. The fourth-order valence-corrected chi connectivity index (χ4v) is 4.53. The van der Waals surface area contributed by atoms with Gasteiger partial charge in [0.1, 0.15) is 18.1 Å². The number of hydrogen-bond donors (Lipinski definition) is 0. The minimum absolute atomic E-state index is 0.0147. The molecule has 1 aliphatic rings.